The number of aliphatic hydroxyl groups is 1. The molecule has 3 saturated heterocycles. The number of hydrogen-bond acceptors (Lipinski definition) is 6. The summed E-state index contributed by atoms with van der Waals surface area (Å²) in [6, 6.07) is -1.43. The van der Waals surface area contributed by atoms with Gasteiger partial charge in [-0.05, 0) is 38.0 Å². The predicted octanol–water partition coefficient (Wildman–Crippen LogP) is 3.61. The quantitative estimate of drug-likeness (QED) is 0.160. The Hall–Kier alpha value is -1.71. The smallest absolute Gasteiger partial charge is 0.312 e. The molecule has 1 saturated carbocycles. The minimum atomic E-state index is -1.16. The number of amides is 2. The third-order valence-corrected chi connectivity index (χ3v) is 9.81. The lowest BCUT2D eigenvalue weighted by molar-refractivity contribution is -0.157. The van der Waals surface area contributed by atoms with Crippen molar-refractivity contribution in [3.05, 3.63) is 25.3 Å². The van der Waals surface area contributed by atoms with Crippen LogP contribution in [-0.4, -0.2) is 87.1 Å². The second-order valence-electron chi connectivity index (χ2n) is 11.6. The first-order chi connectivity index (χ1) is 18.2. The average molecular weight is 596 g/mol. The molecule has 2 amide bonds. The highest BCUT2D eigenvalue weighted by atomic mass is 79.9. The highest BCUT2D eigenvalue weighted by Gasteiger charge is 2.77. The molecule has 2 bridgehead atoms. The van der Waals surface area contributed by atoms with E-state index in [1.165, 1.54) is 0 Å². The van der Waals surface area contributed by atoms with Gasteiger partial charge in [-0.2, -0.15) is 0 Å². The molecule has 1 N–H and O–H groups in total. The Labute approximate surface area is 234 Å². The summed E-state index contributed by atoms with van der Waals surface area (Å²) in [6.45, 7) is 11.8. The van der Waals surface area contributed by atoms with Gasteiger partial charge in [0.05, 0.1) is 37.2 Å². The molecule has 3 heterocycles. The van der Waals surface area contributed by atoms with E-state index in [-0.39, 0.29) is 41.8 Å². The summed E-state index contributed by atoms with van der Waals surface area (Å²) >= 11 is 3.71. The third kappa shape index (κ3) is 4.99. The minimum absolute atomic E-state index is 0.0669. The summed E-state index contributed by atoms with van der Waals surface area (Å²) in [4.78, 5) is 45.4. The van der Waals surface area contributed by atoms with E-state index < -0.39 is 41.6 Å². The normalized spacial score (nSPS) is 33.3. The summed E-state index contributed by atoms with van der Waals surface area (Å²) in [5.41, 5.74) is -1.16. The number of carbonyl (C=O) groups is 3. The zero-order valence-electron chi connectivity index (χ0n) is 22.7. The highest BCUT2D eigenvalue weighted by Crippen LogP contribution is 2.61. The summed E-state index contributed by atoms with van der Waals surface area (Å²) in [6.07, 6.45) is 9.85. The van der Waals surface area contributed by atoms with Crippen LogP contribution in [-0.2, 0) is 23.9 Å². The molecule has 4 rings (SSSR count). The molecule has 8 nitrogen and oxygen atoms in total. The third-order valence-electron chi connectivity index (χ3n) is 8.97. The molecular weight excluding hydrogens is 552 g/mol. The van der Waals surface area contributed by atoms with Gasteiger partial charge in [-0.15, -0.1) is 13.2 Å². The number of unbranched alkanes of at least 4 members (excludes halogenated alkanes) is 1. The highest BCUT2D eigenvalue weighted by molar-refractivity contribution is 9.09. The Morgan fingerprint density at radius 1 is 1.26 bits per heavy atom. The average Bonchev–Trinajstić information content (AvgIpc) is 3.49. The van der Waals surface area contributed by atoms with Crippen LogP contribution in [0.1, 0.15) is 65.2 Å². The topological polar surface area (TPSA) is 96.4 Å². The van der Waals surface area contributed by atoms with Gasteiger partial charge < -0.3 is 24.4 Å². The molecule has 0 aromatic rings. The number of alkyl halides is 1. The number of ether oxygens (including phenoxy) is 2. The Bertz CT molecular complexity index is 921. The van der Waals surface area contributed by atoms with Crippen LogP contribution >= 0.6 is 15.9 Å². The number of aliphatic hydroxyl groups excluding tert-OH is 1. The predicted molar refractivity (Wildman–Crippen MR) is 147 cm³/mol. The van der Waals surface area contributed by atoms with Crippen molar-refractivity contribution >= 4 is 33.7 Å². The maximum atomic E-state index is 14.6. The van der Waals surface area contributed by atoms with Gasteiger partial charge in [0.1, 0.15) is 11.6 Å². The first-order valence-corrected chi connectivity index (χ1v) is 15.1. The van der Waals surface area contributed by atoms with Gasteiger partial charge in [0.25, 0.3) is 0 Å². The van der Waals surface area contributed by atoms with E-state index in [1.54, 1.807) is 17.1 Å². The van der Waals surface area contributed by atoms with E-state index in [9.17, 15) is 19.5 Å². The van der Waals surface area contributed by atoms with Crippen molar-refractivity contribution in [3.63, 3.8) is 0 Å². The first-order valence-electron chi connectivity index (χ1n) is 14.2. The van der Waals surface area contributed by atoms with Crippen molar-refractivity contribution in [2.45, 2.75) is 99.9 Å². The van der Waals surface area contributed by atoms with Crippen molar-refractivity contribution in [1.82, 2.24) is 9.80 Å². The van der Waals surface area contributed by atoms with E-state index in [0.29, 0.717) is 19.4 Å². The molecule has 1 aliphatic carbocycles. The number of rotatable bonds is 12. The van der Waals surface area contributed by atoms with Crippen LogP contribution in [0.15, 0.2) is 25.3 Å². The number of halogens is 1. The van der Waals surface area contributed by atoms with Gasteiger partial charge in [0.2, 0.25) is 11.8 Å². The molecule has 4 aliphatic rings. The Kier molecular flexibility index (Phi) is 9.41. The standard InChI is InChI=1S/C29H43BrN2O6/c1-5-7-11-15-37-28(36)22-23-26(34)32(21(17-33)18(3)4)25(29(23)16-20(30)24(22)38-29)27(35)31(14-6-2)19-12-9-8-10-13-19/h5-6,18-25,33H,1-2,7-17H2,3-4H3/t20?,21-,22+,23-,24+,25?,29?/m0/s1. The number of fused-ring (bicyclic) bond motifs is 1. The maximum absolute atomic E-state index is 14.6. The van der Waals surface area contributed by atoms with Crippen LogP contribution < -0.4 is 0 Å². The minimum Gasteiger partial charge on any atom is -0.465 e. The lowest BCUT2D eigenvalue weighted by Crippen LogP contribution is -2.61. The molecule has 0 aromatic heterocycles. The number of hydrogen-bond donors (Lipinski definition) is 1. The van der Waals surface area contributed by atoms with Crippen LogP contribution in [0.2, 0.25) is 0 Å². The largest absolute Gasteiger partial charge is 0.465 e. The van der Waals surface area contributed by atoms with Crippen molar-refractivity contribution in [1.29, 1.82) is 0 Å². The summed E-state index contributed by atoms with van der Waals surface area (Å²) in [5, 5.41) is 10.4. The number of carbonyl (C=O) groups excluding carboxylic acids is 3. The molecule has 9 heteroatoms. The number of nitrogens with zero attached hydrogens (tertiary/aromatic N) is 2. The molecule has 7 atom stereocenters. The fourth-order valence-electron chi connectivity index (χ4n) is 7.20. The Morgan fingerprint density at radius 3 is 2.58 bits per heavy atom. The van der Waals surface area contributed by atoms with Crippen LogP contribution in [0.25, 0.3) is 0 Å². The fourth-order valence-corrected chi connectivity index (χ4v) is 8.14. The molecule has 0 aromatic carbocycles. The van der Waals surface area contributed by atoms with Crippen molar-refractivity contribution in [3.8, 4) is 0 Å². The molecular formula is C29H43BrN2O6. The van der Waals surface area contributed by atoms with Gasteiger partial charge in [0.15, 0.2) is 0 Å². The van der Waals surface area contributed by atoms with E-state index >= 15 is 0 Å². The van der Waals surface area contributed by atoms with Crippen molar-refractivity contribution < 1.29 is 29.0 Å². The van der Waals surface area contributed by atoms with Gasteiger partial charge in [-0.25, -0.2) is 0 Å². The monoisotopic (exact) mass is 594 g/mol. The summed E-state index contributed by atoms with van der Waals surface area (Å²) in [5.74, 6) is -2.67. The lowest BCUT2D eigenvalue weighted by atomic mass is 9.70. The van der Waals surface area contributed by atoms with Crippen LogP contribution in [0, 0.1) is 17.8 Å². The van der Waals surface area contributed by atoms with Gasteiger partial charge in [0, 0.05) is 17.4 Å². The SMILES string of the molecule is C=CCCCOC(=O)[C@H]1[C@@H]2OC3(CC2Br)C(C(=O)N(CC=C)C2CCCCC2)N([C@@H](CO)C(C)C)C(=O)[C@H]13. The molecule has 4 fully saturated rings. The van der Waals surface area contributed by atoms with E-state index in [4.69, 9.17) is 9.47 Å². The second-order valence-corrected chi connectivity index (χ2v) is 12.7. The molecule has 38 heavy (non-hydrogen) atoms. The van der Waals surface area contributed by atoms with Crippen molar-refractivity contribution in [2.24, 2.45) is 17.8 Å². The summed E-state index contributed by atoms with van der Waals surface area (Å²) in [7, 11) is 0. The number of esters is 1. The summed E-state index contributed by atoms with van der Waals surface area (Å²) < 4.78 is 12.2. The number of likely N-dealkylation sites (tertiary alicyclic amines) is 1. The molecule has 3 unspecified atom stereocenters. The van der Waals surface area contributed by atoms with Gasteiger partial charge in [-0.3, -0.25) is 14.4 Å². The lowest BCUT2D eigenvalue weighted by Gasteiger charge is -2.43. The van der Waals surface area contributed by atoms with E-state index in [0.717, 1.165) is 38.5 Å². The molecule has 0 radical (unpaired) electrons. The van der Waals surface area contributed by atoms with Crippen LogP contribution in [0.5, 0.6) is 0 Å². The maximum Gasteiger partial charge on any atom is 0.312 e. The number of allylic oxidation sites excluding steroid dienone is 1. The zero-order chi connectivity index (χ0) is 27.6. The van der Waals surface area contributed by atoms with E-state index in [1.807, 2.05) is 18.7 Å². The van der Waals surface area contributed by atoms with Crippen LogP contribution in [0.3, 0.4) is 0 Å². The van der Waals surface area contributed by atoms with Gasteiger partial charge >= 0.3 is 5.97 Å². The second kappa shape index (κ2) is 12.2. The zero-order valence-corrected chi connectivity index (χ0v) is 24.3. The van der Waals surface area contributed by atoms with Crippen LogP contribution in [0.4, 0.5) is 0 Å². The molecule has 3 aliphatic heterocycles. The first kappa shape index (κ1) is 29.3. The Balaban J connectivity index is 1.74. The molecule has 1 spiro atoms. The van der Waals surface area contributed by atoms with Gasteiger partial charge in [-0.1, -0.05) is 61.2 Å². The van der Waals surface area contributed by atoms with E-state index in [2.05, 4.69) is 29.1 Å². The molecule has 212 valence electrons. The Morgan fingerprint density at radius 2 is 1.97 bits per heavy atom. The van der Waals surface area contributed by atoms with Crippen molar-refractivity contribution in [2.75, 3.05) is 19.8 Å². The fraction of sp³-hybridized carbons (Fsp3) is 0.759.